The Hall–Kier alpha value is -0.860. The highest BCUT2D eigenvalue weighted by atomic mass is 16.5. The number of rotatable bonds is 4. The van der Waals surface area contributed by atoms with Gasteiger partial charge in [-0.25, -0.2) is 0 Å². The Morgan fingerprint density at radius 3 is 2.90 bits per heavy atom. The first-order valence-corrected chi connectivity index (χ1v) is 8.24. The fourth-order valence-corrected chi connectivity index (χ4v) is 3.74. The molecule has 1 aromatic rings. The molecule has 110 valence electrons. The van der Waals surface area contributed by atoms with Crippen molar-refractivity contribution in [1.29, 1.82) is 0 Å². The quantitative estimate of drug-likeness (QED) is 0.903. The first kappa shape index (κ1) is 14.1. The van der Waals surface area contributed by atoms with Crippen LogP contribution in [0, 0.1) is 11.8 Å². The summed E-state index contributed by atoms with van der Waals surface area (Å²) in [5, 5.41) is 3.67. The lowest BCUT2D eigenvalue weighted by Crippen LogP contribution is -2.33. The molecular formula is C18H27NO. The highest BCUT2D eigenvalue weighted by Gasteiger charge is 2.23. The van der Waals surface area contributed by atoms with Gasteiger partial charge in [0, 0.05) is 6.54 Å². The van der Waals surface area contributed by atoms with E-state index in [4.69, 9.17) is 4.74 Å². The maximum atomic E-state index is 5.96. The SMILES string of the molecule is CC1CCCCC1CNCC1OCCc2ccccc21. The Labute approximate surface area is 122 Å². The number of fused-ring (bicyclic) bond motifs is 1. The van der Waals surface area contributed by atoms with Gasteiger partial charge >= 0.3 is 0 Å². The molecule has 0 bridgehead atoms. The van der Waals surface area contributed by atoms with E-state index < -0.39 is 0 Å². The van der Waals surface area contributed by atoms with E-state index in [0.717, 1.165) is 38.0 Å². The second kappa shape index (κ2) is 6.73. The Balaban J connectivity index is 1.52. The third-order valence-corrected chi connectivity index (χ3v) is 5.12. The summed E-state index contributed by atoms with van der Waals surface area (Å²) in [7, 11) is 0. The van der Waals surface area contributed by atoms with E-state index in [1.807, 2.05) is 0 Å². The second-order valence-electron chi connectivity index (χ2n) is 6.49. The molecule has 2 heteroatoms. The fourth-order valence-electron chi connectivity index (χ4n) is 3.74. The molecule has 1 saturated carbocycles. The predicted octanol–water partition coefficient (Wildman–Crippen LogP) is 3.72. The van der Waals surface area contributed by atoms with Gasteiger partial charge in [-0.2, -0.15) is 0 Å². The van der Waals surface area contributed by atoms with Crippen molar-refractivity contribution in [2.45, 2.75) is 45.1 Å². The summed E-state index contributed by atoms with van der Waals surface area (Å²) in [5.41, 5.74) is 2.86. The van der Waals surface area contributed by atoms with Gasteiger partial charge in [-0.15, -0.1) is 0 Å². The number of hydrogen-bond acceptors (Lipinski definition) is 2. The van der Waals surface area contributed by atoms with Gasteiger partial charge in [-0.05, 0) is 42.3 Å². The van der Waals surface area contributed by atoms with E-state index in [-0.39, 0.29) is 6.10 Å². The molecule has 1 aliphatic heterocycles. The van der Waals surface area contributed by atoms with Gasteiger partial charge in [0.1, 0.15) is 0 Å². The van der Waals surface area contributed by atoms with E-state index in [0.29, 0.717) is 0 Å². The van der Waals surface area contributed by atoms with Crippen LogP contribution in [-0.2, 0) is 11.2 Å². The molecule has 1 heterocycles. The molecule has 20 heavy (non-hydrogen) atoms. The molecule has 3 unspecified atom stereocenters. The molecule has 2 aliphatic rings. The number of nitrogens with one attached hydrogen (secondary N) is 1. The highest BCUT2D eigenvalue weighted by Crippen LogP contribution is 2.30. The zero-order valence-electron chi connectivity index (χ0n) is 12.6. The van der Waals surface area contributed by atoms with E-state index in [2.05, 4.69) is 36.5 Å². The lowest BCUT2D eigenvalue weighted by Gasteiger charge is -2.31. The van der Waals surface area contributed by atoms with Crippen molar-refractivity contribution in [2.24, 2.45) is 11.8 Å². The summed E-state index contributed by atoms with van der Waals surface area (Å²) in [5.74, 6) is 1.75. The highest BCUT2D eigenvalue weighted by molar-refractivity contribution is 5.31. The summed E-state index contributed by atoms with van der Waals surface area (Å²) in [4.78, 5) is 0. The Bertz CT molecular complexity index is 431. The van der Waals surface area contributed by atoms with Crippen molar-refractivity contribution in [1.82, 2.24) is 5.32 Å². The fraction of sp³-hybridized carbons (Fsp3) is 0.667. The summed E-state index contributed by atoms with van der Waals surface area (Å²) in [6, 6.07) is 8.74. The van der Waals surface area contributed by atoms with Crippen LogP contribution >= 0.6 is 0 Å². The van der Waals surface area contributed by atoms with Crippen LogP contribution in [0.5, 0.6) is 0 Å². The second-order valence-corrected chi connectivity index (χ2v) is 6.49. The van der Waals surface area contributed by atoms with E-state index in [1.165, 1.54) is 36.8 Å². The summed E-state index contributed by atoms with van der Waals surface area (Å²) >= 11 is 0. The van der Waals surface area contributed by atoms with Gasteiger partial charge < -0.3 is 10.1 Å². The minimum atomic E-state index is 0.249. The Morgan fingerprint density at radius 1 is 1.15 bits per heavy atom. The van der Waals surface area contributed by atoms with E-state index in [1.54, 1.807) is 0 Å². The van der Waals surface area contributed by atoms with Gasteiger partial charge in [0.05, 0.1) is 12.7 Å². The van der Waals surface area contributed by atoms with Crippen LogP contribution in [0.15, 0.2) is 24.3 Å². The molecule has 1 N–H and O–H groups in total. The van der Waals surface area contributed by atoms with Crippen LogP contribution in [0.2, 0.25) is 0 Å². The van der Waals surface area contributed by atoms with Crippen LogP contribution in [0.25, 0.3) is 0 Å². The maximum Gasteiger partial charge on any atom is 0.0952 e. The topological polar surface area (TPSA) is 21.3 Å². The van der Waals surface area contributed by atoms with Gasteiger partial charge in [-0.1, -0.05) is 50.5 Å². The third-order valence-electron chi connectivity index (χ3n) is 5.12. The molecule has 2 nitrogen and oxygen atoms in total. The van der Waals surface area contributed by atoms with Crippen molar-refractivity contribution in [3.8, 4) is 0 Å². The number of benzene rings is 1. The molecule has 0 amide bonds. The first-order chi connectivity index (χ1) is 9.84. The summed E-state index contributed by atoms with van der Waals surface area (Å²) in [6.07, 6.45) is 6.97. The van der Waals surface area contributed by atoms with Crippen LogP contribution < -0.4 is 5.32 Å². The van der Waals surface area contributed by atoms with Crippen molar-refractivity contribution >= 4 is 0 Å². The van der Waals surface area contributed by atoms with Gasteiger partial charge in [0.15, 0.2) is 0 Å². The van der Waals surface area contributed by atoms with Crippen LogP contribution in [0.1, 0.15) is 49.8 Å². The number of hydrogen-bond donors (Lipinski definition) is 1. The lowest BCUT2D eigenvalue weighted by molar-refractivity contribution is 0.0411. The molecule has 1 fully saturated rings. The largest absolute Gasteiger partial charge is 0.372 e. The maximum absolute atomic E-state index is 5.96. The molecule has 0 radical (unpaired) electrons. The molecular weight excluding hydrogens is 246 g/mol. The minimum absolute atomic E-state index is 0.249. The molecule has 0 aromatic heterocycles. The van der Waals surface area contributed by atoms with Crippen molar-refractivity contribution in [3.63, 3.8) is 0 Å². The van der Waals surface area contributed by atoms with Gasteiger partial charge in [0.25, 0.3) is 0 Å². The monoisotopic (exact) mass is 273 g/mol. The minimum Gasteiger partial charge on any atom is -0.372 e. The molecule has 0 saturated heterocycles. The Kier molecular flexibility index (Phi) is 4.74. The molecule has 0 spiro atoms. The predicted molar refractivity (Wildman–Crippen MR) is 82.8 cm³/mol. The van der Waals surface area contributed by atoms with Crippen molar-refractivity contribution in [3.05, 3.63) is 35.4 Å². The molecule has 3 rings (SSSR count). The van der Waals surface area contributed by atoms with Gasteiger partial charge in [0.2, 0.25) is 0 Å². The van der Waals surface area contributed by atoms with Crippen LogP contribution in [-0.4, -0.2) is 19.7 Å². The molecule has 1 aromatic carbocycles. The van der Waals surface area contributed by atoms with E-state index in [9.17, 15) is 0 Å². The molecule has 1 aliphatic carbocycles. The normalized spacial score (nSPS) is 29.9. The standard InChI is InChI=1S/C18H27NO/c1-14-6-2-3-8-16(14)12-19-13-18-17-9-5-4-7-15(17)10-11-20-18/h4-5,7,9,14,16,18-19H,2-3,6,8,10-13H2,1H3. The smallest absolute Gasteiger partial charge is 0.0952 e. The first-order valence-electron chi connectivity index (χ1n) is 8.24. The summed E-state index contributed by atoms with van der Waals surface area (Å²) in [6.45, 7) is 5.39. The third kappa shape index (κ3) is 3.24. The van der Waals surface area contributed by atoms with Gasteiger partial charge in [-0.3, -0.25) is 0 Å². The zero-order valence-corrected chi connectivity index (χ0v) is 12.6. The van der Waals surface area contributed by atoms with Crippen LogP contribution in [0.3, 0.4) is 0 Å². The summed E-state index contributed by atoms with van der Waals surface area (Å²) < 4.78 is 5.96. The molecule has 3 atom stereocenters. The van der Waals surface area contributed by atoms with Crippen molar-refractivity contribution in [2.75, 3.05) is 19.7 Å². The van der Waals surface area contributed by atoms with Crippen molar-refractivity contribution < 1.29 is 4.74 Å². The average molecular weight is 273 g/mol. The lowest BCUT2D eigenvalue weighted by atomic mass is 9.80. The van der Waals surface area contributed by atoms with Crippen LogP contribution in [0.4, 0.5) is 0 Å². The Morgan fingerprint density at radius 2 is 2.00 bits per heavy atom. The van der Waals surface area contributed by atoms with E-state index >= 15 is 0 Å². The average Bonchev–Trinajstić information content (AvgIpc) is 2.49. The zero-order chi connectivity index (χ0) is 13.8. The number of ether oxygens (including phenoxy) is 1.